The highest BCUT2D eigenvalue weighted by Gasteiger charge is 2.14. The van der Waals surface area contributed by atoms with Crippen LogP contribution in [0, 0.1) is 11.6 Å². The van der Waals surface area contributed by atoms with Gasteiger partial charge in [-0.3, -0.25) is 0 Å². The number of aromatic nitrogens is 1. The third kappa shape index (κ3) is 2.92. The lowest BCUT2D eigenvalue weighted by Gasteiger charge is -2.03. The van der Waals surface area contributed by atoms with Gasteiger partial charge in [0.05, 0.1) is 5.69 Å². The molecule has 106 valence electrons. The van der Waals surface area contributed by atoms with Crippen molar-refractivity contribution in [3.05, 3.63) is 70.6 Å². The second-order valence-electron chi connectivity index (χ2n) is 4.62. The molecule has 0 aliphatic rings. The maximum Gasteiger partial charge on any atom is 0.180 e. The topological polar surface area (TPSA) is 38.9 Å². The quantitative estimate of drug-likeness (QED) is 0.785. The molecule has 1 aromatic heterocycles. The van der Waals surface area contributed by atoms with E-state index >= 15 is 0 Å². The number of rotatable bonds is 3. The molecule has 0 fully saturated rings. The van der Waals surface area contributed by atoms with Crippen LogP contribution in [-0.4, -0.2) is 4.98 Å². The van der Waals surface area contributed by atoms with Gasteiger partial charge in [-0.05, 0) is 23.8 Å². The third-order valence-corrected chi connectivity index (χ3v) is 4.00. The number of thiazole rings is 1. The van der Waals surface area contributed by atoms with E-state index in [0.717, 1.165) is 22.6 Å². The van der Waals surface area contributed by atoms with Gasteiger partial charge in [-0.15, -0.1) is 11.3 Å². The Balaban J connectivity index is 2.01. The smallest absolute Gasteiger partial charge is 0.180 e. The lowest BCUT2D eigenvalue weighted by molar-refractivity contribution is 0.509. The number of benzene rings is 2. The summed E-state index contributed by atoms with van der Waals surface area (Å²) in [6, 6.07) is 13.6. The van der Waals surface area contributed by atoms with Gasteiger partial charge < -0.3 is 5.73 Å². The summed E-state index contributed by atoms with van der Waals surface area (Å²) in [6.07, 6.45) is 0.657. The number of nitrogens with two attached hydrogens (primary N) is 1. The van der Waals surface area contributed by atoms with Gasteiger partial charge in [0.1, 0.15) is 0 Å². The summed E-state index contributed by atoms with van der Waals surface area (Å²) < 4.78 is 26.4. The summed E-state index contributed by atoms with van der Waals surface area (Å²) >= 11 is 1.36. The molecule has 3 rings (SSSR count). The first kappa shape index (κ1) is 13.7. The number of hydrogen-bond donors (Lipinski definition) is 1. The Morgan fingerprint density at radius 2 is 1.76 bits per heavy atom. The molecule has 0 bridgehead atoms. The van der Waals surface area contributed by atoms with Crippen molar-refractivity contribution >= 4 is 16.5 Å². The van der Waals surface area contributed by atoms with Crippen LogP contribution in [0.1, 0.15) is 10.4 Å². The lowest BCUT2D eigenvalue weighted by Crippen LogP contribution is -1.91. The highest BCUT2D eigenvalue weighted by atomic mass is 32.1. The van der Waals surface area contributed by atoms with E-state index in [1.54, 1.807) is 0 Å². The Labute approximate surface area is 124 Å². The summed E-state index contributed by atoms with van der Waals surface area (Å²) in [5, 5.41) is 0.417. The molecule has 2 N–H and O–H groups in total. The average molecular weight is 302 g/mol. The predicted molar refractivity (Wildman–Crippen MR) is 81.1 cm³/mol. The van der Waals surface area contributed by atoms with Crippen molar-refractivity contribution < 1.29 is 8.78 Å². The van der Waals surface area contributed by atoms with Gasteiger partial charge in [-0.25, -0.2) is 13.8 Å². The minimum Gasteiger partial charge on any atom is -0.375 e. The first-order chi connectivity index (χ1) is 10.1. The molecule has 0 radical (unpaired) electrons. The molecule has 0 saturated heterocycles. The summed E-state index contributed by atoms with van der Waals surface area (Å²) in [4.78, 5) is 5.19. The molecular weight excluding hydrogens is 290 g/mol. The second kappa shape index (κ2) is 5.61. The first-order valence-corrected chi connectivity index (χ1v) is 7.19. The minimum atomic E-state index is -0.885. The van der Waals surface area contributed by atoms with Crippen LogP contribution < -0.4 is 5.73 Å². The zero-order valence-electron chi connectivity index (χ0n) is 11.0. The monoisotopic (exact) mass is 302 g/mol. The lowest BCUT2D eigenvalue weighted by atomic mass is 10.1. The van der Waals surface area contributed by atoms with E-state index in [2.05, 4.69) is 4.98 Å². The summed E-state index contributed by atoms with van der Waals surface area (Å²) in [5.41, 5.74) is 8.04. The molecule has 5 heteroatoms. The van der Waals surface area contributed by atoms with Crippen LogP contribution in [-0.2, 0) is 6.42 Å². The van der Waals surface area contributed by atoms with Crippen molar-refractivity contribution in [3.8, 4) is 11.3 Å². The van der Waals surface area contributed by atoms with Gasteiger partial charge in [0.2, 0.25) is 0 Å². The summed E-state index contributed by atoms with van der Waals surface area (Å²) in [6.45, 7) is 0. The normalized spacial score (nSPS) is 10.8. The van der Waals surface area contributed by atoms with Crippen LogP contribution in [0.5, 0.6) is 0 Å². The maximum absolute atomic E-state index is 13.4. The van der Waals surface area contributed by atoms with Gasteiger partial charge in [0, 0.05) is 16.9 Å². The number of nitrogens with zero attached hydrogens (tertiary/aromatic N) is 1. The minimum absolute atomic E-state index is 0.417. The molecule has 0 atom stereocenters. The fourth-order valence-electron chi connectivity index (χ4n) is 2.14. The van der Waals surface area contributed by atoms with E-state index in [1.165, 1.54) is 17.4 Å². The van der Waals surface area contributed by atoms with Gasteiger partial charge in [0.15, 0.2) is 16.8 Å². The molecule has 3 aromatic rings. The number of nitrogen functional groups attached to an aromatic ring is 1. The summed E-state index contributed by atoms with van der Waals surface area (Å²) in [7, 11) is 0. The Bertz CT molecular complexity index is 769. The van der Waals surface area contributed by atoms with Crippen LogP contribution in [0.15, 0.2) is 48.5 Å². The fraction of sp³-hybridized carbons (Fsp3) is 0.0625. The Kier molecular flexibility index (Phi) is 3.66. The van der Waals surface area contributed by atoms with Crippen molar-refractivity contribution in [1.29, 1.82) is 0 Å². The van der Waals surface area contributed by atoms with Crippen molar-refractivity contribution in [2.45, 2.75) is 6.42 Å². The molecule has 0 unspecified atom stereocenters. The maximum atomic E-state index is 13.4. The third-order valence-electron chi connectivity index (χ3n) is 3.11. The Morgan fingerprint density at radius 3 is 2.48 bits per heavy atom. The van der Waals surface area contributed by atoms with Crippen LogP contribution in [0.4, 0.5) is 13.9 Å². The number of anilines is 1. The number of halogens is 2. The highest BCUT2D eigenvalue weighted by molar-refractivity contribution is 7.15. The van der Waals surface area contributed by atoms with Crippen LogP contribution in [0.2, 0.25) is 0 Å². The molecule has 1 heterocycles. The van der Waals surface area contributed by atoms with Crippen molar-refractivity contribution in [2.75, 3.05) is 5.73 Å². The van der Waals surface area contributed by atoms with Gasteiger partial charge in [-0.2, -0.15) is 0 Å². The van der Waals surface area contributed by atoms with E-state index in [4.69, 9.17) is 5.73 Å². The zero-order valence-corrected chi connectivity index (χ0v) is 11.8. The fourth-order valence-corrected chi connectivity index (χ4v) is 3.03. The second-order valence-corrected chi connectivity index (χ2v) is 5.73. The van der Waals surface area contributed by atoms with Gasteiger partial charge in [-0.1, -0.05) is 30.3 Å². The largest absolute Gasteiger partial charge is 0.375 e. The molecule has 2 aromatic carbocycles. The van der Waals surface area contributed by atoms with E-state index in [-0.39, 0.29) is 0 Å². The molecule has 0 aliphatic heterocycles. The molecule has 0 spiro atoms. The van der Waals surface area contributed by atoms with Crippen LogP contribution >= 0.6 is 11.3 Å². The van der Waals surface area contributed by atoms with Gasteiger partial charge >= 0.3 is 0 Å². The van der Waals surface area contributed by atoms with Crippen molar-refractivity contribution in [3.63, 3.8) is 0 Å². The molecule has 0 amide bonds. The van der Waals surface area contributed by atoms with Gasteiger partial charge in [0.25, 0.3) is 0 Å². The van der Waals surface area contributed by atoms with E-state index in [9.17, 15) is 8.78 Å². The average Bonchev–Trinajstić information content (AvgIpc) is 2.84. The Morgan fingerprint density at radius 1 is 1.00 bits per heavy atom. The predicted octanol–water partition coefficient (Wildman–Crippen LogP) is 4.26. The highest BCUT2D eigenvalue weighted by Crippen LogP contribution is 2.32. The first-order valence-electron chi connectivity index (χ1n) is 6.38. The van der Waals surface area contributed by atoms with Crippen molar-refractivity contribution in [2.24, 2.45) is 0 Å². The van der Waals surface area contributed by atoms with Crippen LogP contribution in [0.25, 0.3) is 11.3 Å². The molecule has 21 heavy (non-hydrogen) atoms. The number of hydrogen-bond acceptors (Lipinski definition) is 3. The molecule has 0 saturated carbocycles. The van der Waals surface area contributed by atoms with Crippen molar-refractivity contribution in [1.82, 2.24) is 4.98 Å². The standard InChI is InChI=1S/C16H12F2N2S/c17-12-7-6-11(9-13(12)18)15-14(21-16(19)20-15)8-10-4-2-1-3-5-10/h1-7,9H,8H2,(H2,19,20). The molecule has 0 aliphatic carbocycles. The van der Waals surface area contributed by atoms with E-state index in [0.29, 0.717) is 22.8 Å². The molecule has 2 nitrogen and oxygen atoms in total. The van der Waals surface area contributed by atoms with E-state index in [1.807, 2.05) is 30.3 Å². The zero-order chi connectivity index (χ0) is 14.8. The Hall–Kier alpha value is -2.27. The SMILES string of the molecule is Nc1nc(-c2ccc(F)c(F)c2)c(Cc2ccccc2)s1. The summed E-state index contributed by atoms with van der Waals surface area (Å²) in [5.74, 6) is -1.75. The van der Waals surface area contributed by atoms with E-state index < -0.39 is 11.6 Å². The van der Waals surface area contributed by atoms with Crippen LogP contribution in [0.3, 0.4) is 0 Å². The molecular formula is C16H12F2N2S.